The number of amides is 2. The summed E-state index contributed by atoms with van der Waals surface area (Å²) in [6, 6.07) is 9.12. The Labute approximate surface area is 237 Å². The molecule has 9 nitrogen and oxygen atoms in total. The van der Waals surface area contributed by atoms with Crippen LogP contribution in [0.2, 0.25) is 5.02 Å². The van der Waals surface area contributed by atoms with Crippen molar-refractivity contribution in [2.75, 3.05) is 11.4 Å². The number of rotatable bonds is 7. The first-order valence-corrected chi connectivity index (χ1v) is 14.1. The van der Waals surface area contributed by atoms with Gasteiger partial charge in [0.05, 0.1) is 29.3 Å². The maximum atomic E-state index is 13.3. The number of piperidine rings is 1. The molecule has 0 bridgehead atoms. The largest absolute Gasteiger partial charge is 0.387 e. The second-order valence-electron chi connectivity index (χ2n) is 11.4. The Morgan fingerprint density at radius 3 is 2.67 bits per heavy atom. The number of pyridine rings is 1. The minimum Gasteiger partial charge on any atom is -0.387 e. The van der Waals surface area contributed by atoms with E-state index >= 15 is 0 Å². The van der Waals surface area contributed by atoms with Gasteiger partial charge < -0.3 is 10.4 Å². The number of halogens is 1. The average molecular weight is 559 g/mol. The fourth-order valence-corrected chi connectivity index (χ4v) is 6.26. The van der Waals surface area contributed by atoms with Gasteiger partial charge in [-0.15, -0.1) is 0 Å². The highest BCUT2D eigenvalue weighted by atomic mass is 35.5. The molecule has 6 rings (SSSR count). The molecular weight excluding hydrogens is 528 g/mol. The van der Waals surface area contributed by atoms with E-state index in [-0.39, 0.29) is 35.7 Å². The Morgan fingerprint density at radius 2 is 2.02 bits per heavy atom. The molecule has 1 aromatic carbocycles. The first-order chi connectivity index (χ1) is 19.1. The van der Waals surface area contributed by atoms with Crippen molar-refractivity contribution in [3.8, 4) is 6.07 Å². The lowest BCUT2D eigenvalue weighted by Gasteiger charge is -2.36. The fourth-order valence-electron chi connectivity index (χ4n) is 6.08. The van der Waals surface area contributed by atoms with E-state index < -0.39 is 6.10 Å². The topological polar surface area (TPSA) is 124 Å². The standard InChI is InChI=1S/C30H31ClN6O3/c1-15-6-27(36-13-20-9-24(20)30(36)40)33-12-25(15)16(2)37-14-26(28(35-37)17(3)38)29(39)34-22-7-19(8-22)23-10-21(31)5-4-18(23)11-32/h4-6,10,12,14,16-17,19-20,22,24,38H,7-9,13H2,1-3H3,(H,34,39)/t16-,17-,19?,20+,22?,24+/m0/s1. The summed E-state index contributed by atoms with van der Waals surface area (Å²) in [5.41, 5.74) is 4.05. The summed E-state index contributed by atoms with van der Waals surface area (Å²) < 4.78 is 1.69. The number of aliphatic hydroxyl groups excluding tert-OH is 1. The molecule has 3 aromatic rings. The van der Waals surface area contributed by atoms with Gasteiger partial charge in [0.15, 0.2) is 0 Å². The van der Waals surface area contributed by atoms with Crippen LogP contribution in [0.5, 0.6) is 0 Å². The zero-order chi connectivity index (χ0) is 28.3. The van der Waals surface area contributed by atoms with Crippen molar-refractivity contribution in [1.29, 1.82) is 5.26 Å². The number of nitrogens with one attached hydrogen (secondary N) is 1. The number of aryl methyl sites for hydroxylation is 1. The van der Waals surface area contributed by atoms with E-state index in [0.29, 0.717) is 46.4 Å². The Bertz CT molecular complexity index is 1550. The van der Waals surface area contributed by atoms with E-state index in [4.69, 9.17) is 11.6 Å². The number of carbonyl (C=O) groups is 2. The molecule has 2 amide bonds. The highest BCUT2D eigenvalue weighted by molar-refractivity contribution is 6.30. The number of anilines is 1. The Morgan fingerprint density at radius 1 is 1.25 bits per heavy atom. The number of hydrogen-bond acceptors (Lipinski definition) is 6. The molecule has 4 atom stereocenters. The van der Waals surface area contributed by atoms with Crippen LogP contribution < -0.4 is 10.2 Å². The van der Waals surface area contributed by atoms with E-state index in [1.165, 1.54) is 0 Å². The van der Waals surface area contributed by atoms with Crippen molar-refractivity contribution in [3.63, 3.8) is 0 Å². The third-order valence-electron chi connectivity index (χ3n) is 8.63. The lowest BCUT2D eigenvalue weighted by atomic mass is 9.74. The van der Waals surface area contributed by atoms with Gasteiger partial charge in [-0.1, -0.05) is 11.6 Å². The number of fused-ring (bicyclic) bond motifs is 1. The minimum absolute atomic E-state index is 0.0519. The average Bonchev–Trinajstić information content (AvgIpc) is 3.40. The summed E-state index contributed by atoms with van der Waals surface area (Å²) in [5, 5.41) is 28.1. The predicted octanol–water partition coefficient (Wildman–Crippen LogP) is 4.43. The van der Waals surface area contributed by atoms with E-state index in [1.54, 1.807) is 41.0 Å². The third-order valence-corrected chi connectivity index (χ3v) is 8.87. The van der Waals surface area contributed by atoms with Gasteiger partial charge in [0.25, 0.3) is 5.91 Å². The van der Waals surface area contributed by atoms with Gasteiger partial charge in [-0.3, -0.25) is 19.2 Å². The molecule has 40 heavy (non-hydrogen) atoms. The molecule has 0 radical (unpaired) electrons. The van der Waals surface area contributed by atoms with Gasteiger partial charge in [-0.05, 0) is 92.8 Å². The van der Waals surface area contributed by atoms with E-state index in [9.17, 15) is 20.0 Å². The second kappa shape index (κ2) is 10.0. The maximum absolute atomic E-state index is 13.3. The molecule has 206 valence electrons. The summed E-state index contributed by atoms with van der Waals surface area (Å²) in [7, 11) is 0. The molecule has 2 N–H and O–H groups in total. The molecule has 1 aliphatic heterocycles. The number of aliphatic hydroxyl groups is 1. The molecule has 2 aromatic heterocycles. The van der Waals surface area contributed by atoms with Crippen molar-refractivity contribution in [2.24, 2.45) is 11.8 Å². The van der Waals surface area contributed by atoms with Crippen LogP contribution >= 0.6 is 11.6 Å². The number of aromatic nitrogens is 3. The summed E-state index contributed by atoms with van der Waals surface area (Å²) in [6.07, 6.45) is 4.92. The smallest absolute Gasteiger partial charge is 0.255 e. The normalized spacial score (nSPS) is 24.6. The minimum atomic E-state index is -0.929. The molecule has 2 aliphatic carbocycles. The van der Waals surface area contributed by atoms with Crippen LogP contribution in [0.3, 0.4) is 0 Å². The van der Waals surface area contributed by atoms with E-state index in [1.807, 2.05) is 26.0 Å². The monoisotopic (exact) mass is 558 g/mol. The zero-order valence-electron chi connectivity index (χ0n) is 22.6. The van der Waals surface area contributed by atoms with Crippen molar-refractivity contribution >= 4 is 29.2 Å². The molecule has 2 saturated carbocycles. The van der Waals surface area contributed by atoms with Crippen molar-refractivity contribution in [2.45, 2.75) is 64.1 Å². The number of carbonyl (C=O) groups excluding carboxylic acids is 2. The Balaban J connectivity index is 1.16. The molecule has 1 saturated heterocycles. The van der Waals surface area contributed by atoms with Crippen LogP contribution in [-0.2, 0) is 4.79 Å². The van der Waals surface area contributed by atoms with Gasteiger partial charge in [0.1, 0.15) is 11.5 Å². The maximum Gasteiger partial charge on any atom is 0.255 e. The first-order valence-electron chi connectivity index (χ1n) is 13.7. The lowest BCUT2D eigenvalue weighted by molar-refractivity contribution is -0.118. The van der Waals surface area contributed by atoms with Crippen LogP contribution in [-0.4, -0.2) is 44.3 Å². The quantitative estimate of drug-likeness (QED) is 0.442. The van der Waals surface area contributed by atoms with Crippen LogP contribution in [0.25, 0.3) is 0 Å². The van der Waals surface area contributed by atoms with Gasteiger partial charge in [-0.2, -0.15) is 10.4 Å². The van der Waals surface area contributed by atoms with Crippen LogP contribution in [0, 0.1) is 30.1 Å². The highest BCUT2D eigenvalue weighted by Gasteiger charge is 2.52. The molecular formula is C30H31ClN6O3. The number of benzene rings is 1. The van der Waals surface area contributed by atoms with Crippen molar-refractivity contribution in [1.82, 2.24) is 20.1 Å². The Kier molecular flexibility index (Phi) is 6.64. The third kappa shape index (κ3) is 4.65. The van der Waals surface area contributed by atoms with Gasteiger partial charge >= 0.3 is 0 Å². The Hall–Kier alpha value is -3.74. The first kappa shape index (κ1) is 26.5. The van der Waals surface area contributed by atoms with Crippen molar-refractivity contribution in [3.05, 3.63) is 75.2 Å². The molecule has 3 heterocycles. The number of nitriles is 1. The number of hydrogen-bond donors (Lipinski definition) is 2. The summed E-state index contributed by atoms with van der Waals surface area (Å²) in [6.45, 7) is 6.28. The van der Waals surface area contributed by atoms with Gasteiger partial charge in [-0.25, -0.2) is 4.98 Å². The second-order valence-corrected chi connectivity index (χ2v) is 11.8. The molecule has 3 fully saturated rings. The molecule has 10 heteroatoms. The van der Waals surface area contributed by atoms with Crippen LogP contribution in [0.15, 0.2) is 36.7 Å². The van der Waals surface area contributed by atoms with Crippen molar-refractivity contribution < 1.29 is 14.7 Å². The van der Waals surface area contributed by atoms with E-state index in [2.05, 4.69) is 21.5 Å². The predicted molar refractivity (Wildman–Crippen MR) is 149 cm³/mol. The zero-order valence-corrected chi connectivity index (χ0v) is 23.4. The highest BCUT2D eigenvalue weighted by Crippen LogP contribution is 2.47. The van der Waals surface area contributed by atoms with E-state index in [0.717, 1.165) is 29.7 Å². The van der Waals surface area contributed by atoms with Gasteiger partial charge in [0, 0.05) is 35.9 Å². The molecule has 3 aliphatic rings. The van der Waals surface area contributed by atoms with Gasteiger partial charge in [0.2, 0.25) is 5.91 Å². The van der Waals surface area contributed by atoms with Crippen LogP contribution in [0.4, 0.5) is 5.82 Å². The summed E-state index contributed by atoms with van der Waals surface area (Å²) >= 11 is 6.15. The fraction of sp³-hybridized carbons (Fsp3) is 0.433. The summed E-state index contributed by atoms with van der Waals surface area (Å²) in [4.78, 5) is 32.1. The SMILES string of the molecule is Cc1cc(N2C[C@H]3C[C@H]3C2=O)ncc1[C@H](C)n1cc(C(=O)NC2CC(c3cc(Cl)ccc3C#N)C2)c([C@H](C)O)n1. The summed E-state index contributed by atoms with van der Waals surface area (Å²) in [5.74, 6) is 1.34. The number of nitrogens with zero attached hydrogens (tertiary/aromatic N) is 5. The lowest BCUT2D eigenvalue weighted by Crippen LogP contribution is -2.43. The van der Waals surface area contributed by atoms with Crippen LogP contribution in [0.1, 0.15) is 89.5 Å². The molecule has 0 unspecified atom stereocenters. The molecule has 0 spiro atoms.